The minimum atomic E-state index is 0.187. The zero-order valence-corrected chi connectivity index (χ0v) is 15.5. The van der Waals surface area contributed by atoms with Crippen LogP contribution in [0.25, 0.3) is 0 Å². The van der Waals surface area contributed by atoms with Crippen molar-refractivity contribution in [2.75, 3.05) is 26.3 Å². The molecule has 0 aromatic heterocycles. The van der Waals surface area contributed by atoms with Crippen LogP contribution < -0.4 is 5.32 Å². The van der Waals surface area contributed by atoms with Crippen molar-refractivity contribution >= 4 is 5.91 Å². The van der Waals surface area contributed by atoms with E-state index >= 15 is 0 Å². The minimum Gasteiger partial charge on any atom is -0.381 e. The molecule has 4 heteroatoms. The average molecular weight is 344 g/mol. The van der Waals surface area contributed by atoms with Gasteiger partial charge in [-0.05, 0) is 69.1 Å². The van der Waals surface area contributed by atoms with Gasteiger partial charge in [0.1, 0.15) is 0 Å². The number of benzene rings is 1. The molecule has 0 aliphatic carbocycles. The first-order valence-corrected chi connectivity index (χ1v) is 9.92. The van der Waals surface area contributed by atoms with E-state index in [1.54, 1.807) is 0 Å². The fraction of sp³-hybridized carbons (Fsp3) is 0.667. The normalized spacial score (nSPS) is 20.4. The van der Waals surface area contributed by atoms with Crippen LogP contribution in [0.2, 0.25) is 0 Å². The molecule has 1 amide bonds. The quantitative estimate of drug-likeness (QED) is 0.857. The lowest BCUT2D eigenvalue weighted by atomic mass is 9.93. The molecule has 1 N–H and O–H groups in total. The predicted octanol–water partition coefficient (Wildman–Crippen LogP) is 3.61. The lowest BCUT2D eigenvalue weighted by Gasteiger charge is -2.27. The van der Waals surface area contributed by atoms with E-state index in [2.05, 4.69) is 24.4 Å². The second-order valence-corrected chi connectivity index (χ2v) is 7.62. The molecule has 1 atom stereocenters. The van der Waals surface area contributed by atoms with Gasteiger partial charge in [-0.25, -0.2) is 0 Å². The van der Waals surface area contributed by atoms with Crippen LogP contribution in [0.5, 0.6) is 0 Å². The Morgan fingerprint density at radius 1 is 1.16 bits per heavy atom. The van der Waals surface area contributed by atoms with Crippen molar-refractivity contribution in [1.82, 2.24) is 10.2 Å². The molecule has 0 unspecified atom stereocenters. The summed E-state index contributed by atoms with van der Waals surface area (Å²) in [5, 5.41) is 3.62. The summed E-state index contributed by atoms with van der Waals surface area (Å²) in [5.41, 5.74) is 2.06. The highest BCUT2D eigenvalue weighted by Gasteiger charge is 2.18. The molecule has 2 fully saturated rings. The molecule has 0 spiro atoms. The van der Waals surface area contributed by atoms with Crippen LogP contribution in [-0.2, 0) is 11.3 Å². The second-order valence-electron chi connectivity index (χ2n) is 7.62. The Bertz CT molecular complexity index is 531. The second kappa shape index (κ2) is 9.35. The van der Waals surface area contributed by atoms with Crippen molar-refractivity contribution in [1.29, 1.82) is 0 Å². The summed E-state index contributed by atoms with van der Waals surface area (Å²) in [7, 11) is 0. The van der Waals surface area contributed by atoms with E-state index in [4.69, 9.17) is 4.74 Å². The van der Waals surface area contributed by atoms with Crippen LogP contribution in [0, 0.1) is 5.92 Å². The first kappa shape index (κ1) is 18.4. The Kier molecular flexibility index (Phi) is 6.88. The molecule has 0 saturated carbocycles. The summed E-state index contributed by atoms with van der Waals surface area (Å²) in [4.78, 5) is 14.5. The van der Waals surface area contributed by atoms with Gasteiger partial charge in [-0.1, -0.05) is 12.1 Å². The van der Waals surface area contributed by atoms with Gasteiger partial charge in [0.25, 0.3) is 5.91 Å². The highest BCUT2D eigenvalue weighted by atomic mass is 16.5. The van der Waals surface area contributed by atoms with Crippen LogP contribution >= 0.6 is 0 Å². The van der Waals surface area contributed by atoms with Crippen molar-refractivity contribution in [3.8, 4) is 0 Å². The number of amides is 1. The van der Waals surface area contributed by atoms with Gasteiger partial charge in [0.2, 0.25) is 0 Å². The van der Waals surface area contributed by atoms with Crippen LogP contribution in [-0.4, -0.2) is 43.2 Å². The molecule has 2 saturated heterocycles. The zero-order chi connectivity index (χ0) is 17.5. The third-order valence-electron chi connectivity index (χ3n) is 5.53. The Morgan fingerprint density at radius 3 is 2.52 bits per heavy atom. The zero-order valence-electron chi connectivity index (χ0n) is 15.5. The maximum atomic E-state index is 12.5. The number of rotatable bonds is 6. The van der Waals surface area contributed by atoms with Gasteiger partial charge in [0.05, 0.1) is 0 Å². The molecular formula is C21H32N2O2. The third kappa shape index (κ3) is 5.55. The standard InChI is InChI=1S/C21H32N2O2/c1-17(15-18-9-13-25-14-10-18)22-16-19-5-7-20(8-6-19)21(24)23-11-3-2-4-12-23/h5-8,17-18,22H,2-4,9-16H2,1H3/t17-/m1/s1. The topological polar surface area (TPSA) is 41.6 Å². The monoisotopic (exact) mass is 344 g/mol. The smallest absolute Gasteiger partial charge is 0.253 e. The molecule has 2 heterocycles. The van der Waals surface area contributed by atoms with Crippen LogP contribution in [0.15, 0.2) is 24.3 Å². The van der Waals surface area contributed by atoms with E-state index in [9.17, 15) is 4.79 Å². The Hall–Kier alpha value is -1.39. The molecule has 138 valence electrons. The molecule has 0 radical (unpaired) electrons. The third-order valence-corrected chi connectivity index (χ3v) is 5.53. The van der Waals surface area contributed by atoms with Crippen molar-refractivity contribution in [3.05, 3.63) is 35.4 Å². The molecule has 3 rings (SSSR count). The largest absolute Gasteiger partial charge is 0.381 e. The van der Waals surface area contributed by atoms with Gasteiger partial charge in [0, 0.05) is 44.5 Å². The summed E-state index contributed by atoms with van der Waals surface area (Å²) in [6.07, 6.45) is 7.13. The number of nitrogens with zero attached hydrogens (tertiary/aromatic N) is 1. The number of likely N-dealkylation sites (tertiary alicyclic amines) is 1. The van der Waals surface area contributed by atoms with Crippen LogP contribution in [0.4, 0.5) is 0 Å². The lowest BCUT2D eigenvalue weighted by molar-refractivity contribution is 0.0611. The number of piperidine rings is 1. The number of hydrogen-bond donors (Lipinski definition) is 1. The molecule has 4 nitrogen and oxygen atoms in total. The van der Waals surface area contributed by atoms with E-state index in [0.29, 0.717) is 6.04 Å². The van der Waals surface area contributed by atoms with Gasteiger partial charge in [0.15, 0.2) is 0 Å². The van der Waals surface area contributed by atoms with Gasteiger partial charge in [-0.15, -0.1) is 0 Å². The number of ether oxygens (including phenoxy) is 1. The molecule has 2 aliphatic rings. The van der Waals surface area contributed by atoms with E-state index < -0.39 is 0 Å². The SMILES string of the molecule is C[C@H](CC1CCOCC1)NCc1ccc(C(=O)N2CCCCC2)cc1. The molecule has 2 aliphatic heterocycles. The highest BCUT2D eigenvalue weighted by Crippen LogP contribution is 2.20. The number of hydrogen-bond acceptors (Lipinski definition) is 3. The van der Waals surface area contributed by atoms with E-state index in [1.807, 2.05) is 17.0 Å². The Labute approximate surface area is 151 Å². The number of carbonyl (C=O) groups excluding carboxylic acids is 1. The fourth-order valence-electron chi connectivity index (χ4n) is 3.90. The Balaban J connectivity index is 1.44. The molecule has 1 aromatic carbocycles. The van der Waals surface area contributed by atoms with E-state index in [0.717, 1.165) is 57.2 Å². The number of nitrogens with one attached hydrogen (secondary N) is 1. The Morgan fingerprint density at radius 2 is 1.84 bits per heavy atom. The summed E-state index contributed by atoms with van der Waals surface area (Å²) in [5.74, 6) is 0.980. The first-order valence-electron chi connectivity index (χ1n) is 9.92. The van der Waals surface area contributed by atoms with Gasteiger partial charge < -0.3 is 15.0 Å². The number of carbonyl (C=O) groups is 1. The van der Waals surface area contributed by atoms with Crippen LogP contribution in [0.1, 0.15) is 61.4 Å². The summed E-state index contributed by atoms with van der Waals surface area (Å²) < 4.78 is 5.43. The lowest BCUT2D eigenvalue weighted by Crippen LogP contribution is -2.35. The summed E-state index contributed by atoms with van der Waals surface area (Å²) >= 11 is 0. The van der Waals surface area contributed by atoms with Crippen LogP contribution in [0.3, 0.4) is 0 Å². The van der Waals surface area contributed by atoms with Gasteiger partial charge >= 0.3 is 0 Å². The minimum absolute atomic E-state index is 0.187. The summed E-state index contributed by atoms with van der Waals surface area (Å²) in [6.45, 7) is 6.79. The molecule has 25 heavy (non-hydrogen) atoms. The summed E-state index contributed by atoms with van der Waals surface area (Å²) in [6, 6.07) is 8.66. The van der Waals surface area contributed by atoms with Crippen molar-refractivity contribution in [2.45, 2.75) is 58.0 Å². The van der Waals surface area contributed by atoms with Crippen molar-refractivity contribution in [2.24, 2.45) is 5.92 Å². The average Bonchev–Trinajstić information content (AvgIpc) is 2.68. The first-order chi connectivity index (χ1) is 12.2. The maximum Gasteiger partial charge on any atom is 0.253 e. The van der Waals surface area contributed by atoms with Crippen molar-refractivity contribution < 1.29 is 9.53 Å². The van der Waals surface area contributed by atoms with E-state index in [1.165, 1.54) is 31.2 Å². The fourth-order valence-corrected chi connectivity index (χ4v) is 3.90. The molecule has 0 bridgehead atoms. The van der Waals surface area contributed by atoms with Gasteiger partial charge in [-0.3, -0.25) is 4.79 Å². The molecular weight excluding hydrogens is 312 g/mol. The molecule has 1 aromatic rings. The maximum absolute atomic E-state index is 12.5. The predicted molar refractivity (Wildman–Crippen MR) is 101 cm³/mol. The van der Waals surface area contributed by atoms with Crippen molar-refractivity contribution in [3.63, 3.8) is 0 Å². The van der Waals surface area contributed by atoms with Gasteiger partial charge in [-0.2, -0.15) is 0 Å². The van der Waals surface area contributed by atoms with E-state index in [-0.39, 0.29) is 5.91 Å². The highest BCUT2D eigenvalue weighted by molar-refractivity contribution is 5.94.